The highest BCUT2D eigenvalue weighted by atomic mass is 35.5. The van der Waals surface area contributed by atoms with Crippen molar-refractivity contribution < 1.29 is 0 Å². The summed E-state index contributed by atoms with van der Waals surface area (Å²) in [5.74, 6) is 0.943. The van der Waals surface area contributed by atoms with Crippen LogP contribution in [0.25, 0.3) is 0 Å². The van der Waals surface area contributed by atoms with Gasteiger partial charge in [0, 0.05) is 25.7 Å². The van der Waals surface area contributed by atoms with E-state index >= 15 is 0 Å². The van der Waals surface area contributed by atoms with E-state index in [-0.39, 0.29) is 0 Å². The normalized spacial score (nSPS) is 10.2. The van der Waals surface area contributed by atoms with E-state index in [2.05, 4.69) is 10.3 Å². The minimum atomic E-state index is 0.697. The first-order chi connectivity index (χ1) is 8.66. The summed E-state index contributed by atoms with van der Waals surface area (Å²) >= 11 is 6.09. The average Bonchev–Trinajstić information content (AvgIpc) is 2.38. The molecule has 0 aliphatic heterocycles. The fourth-order valence-corrected chi connectivity index (χ4v) is 1.80. The summed E-state index contributed by atoms with van der Waals surface area (Å²) in [6, 6.07) is 11.8. The maximum Gasteiger partial charge on any atom is 0.128 e. The molecule has 18 heavy (non-hydrogen) atoms. The maximum absolute atomic E-state index is 6.09. The molecule has 94 valence electrons. The molecule has 0 unspecified atom stereocenters. The fourth-order valence-electron chi connectivity index (χ4n) is 1.59. The second-order valence-electron chi connectivity index (χ2n) is 4.24. The first kappa shape index (κ1) is 12.7. The van der Waals surface area contributed by atoms with Crippen LogP contribution < -0.4 is 10.2 Å². The molecule has 1 aromatic carbocycles. The summed E-state index contributed by atoms with van der Waals surface area (Å²) < 4.78 is 0. The van der Waals surface area contributed by atoms with Gasteiger partial charge in [-0.3, -0.25) is 0 Å². The number of rotatable bonds is 4. The number of pyridine rings is 1. The minimum Gasteiger partial charge on any atom is -0.380 e. The summed E-state index contributed by atoms with van der Waals surface area (Å²) in [6.07, 6.45) is 1.83. The Balaban J connectivity index is 2.00. The number of hydrogen-bond donors (Lipinski definition) is 1. The van der Waals surface area contributed by atoms with Crippen LogP contribution in [0.15, 0.2) is 42.6 Å². The third-order valence-electron chi connectivity index (χ3n) is 2.65. The molecule has 0 spiro atoms. The van der Waals surface area contributed by atoms with E-state index in [0.29, 0.717) is 6.54 Å². The number of halogens is 1. The highest BCUT2D eigenvalue weighted by Gasteiger charge is 2.00. The van der Waals surface area contributed by atoms with Crippen LogP contribution in [0.4, 0.5) is 11.5 Å². The van der Waals surface area contributed by atoms with Gasteiger partial charge in [0.1, 0.15) is 5.82 Å². The molecule has 2 aromatic rings. The Morgan fingerprint density at radius 1 is 1.17 bits per heavy atom. The zero-order valence-corrected chi connectivity index (χ0v) is 11.3. The van der Waals surface area contributed by atoms with Crippen LogP contribution in [0.2, 0.25) is 5.02 Å². The third kappa shape index (κ3) is 3.14. The standard InChI is InChI=1S/C14H16ClN3/c1-18(2)14-8-7-12(10-17-14)16-9-11-5-3-4-6-13(11)15/h3-8,10,16H,9H2,1-2H3. The van der Waals surface area contributed by atoms with Gasteiger partial charge in [-0.1, -0.05) is 29.8 Å². The Bertz CT molecular complexity index is 509. The third-order valence-corrected chi connectivity index (χ3v) is 3.02. The van der Waals surface area contributed by atoms with Crippen molar-refractivity contribution in [1.29, 1.82) is 0 Å². The molecule has 2 rings (SSSR count). The SMILES string of the molecule is CN(C)c1ccc(NCc2ccccc2Cl)cn1. The number of benzene rings is 1. The summed E-state index contributed by atoms with van der Waals surface area (Å²) in [4.78, 5) is 6.31. The number of nitrogens with zero attached hydrogens (tertiary/aromatic N) is 2. The van der Waals surface area contributed by atoms with Gasteiger partial charge in [0.15, 0.2) is 0 Å². The van der Waals surface area contributed by atoms with Gasteiger partial charge in [0.2, 0.25) is 0 Å². The number of aromatic nitrogens is 1. The van der Waals surface area contributed by atoms with Gasteiger partial charge in [-0.15, -0.1) is 0 Å². The van der Waals surface area contributed by atoms with Gasteiger partial charge in [0.25, 0.3) is 0 Å². The predicted octanol–water partition coefficient (Wildman–Crippen LogP) is 3.41. The van der Waals surface area contributed by atoms with Crippen LogP contribution in [0.5, 0.6) is 0 Å². The number of anilines is 2. The lowest BCUT2D eigenvalue weighted by atomic mass is 10.2. The van der Waals surface area contributed by atoms with Crippen LogP contribution >= 0.6 is 11.6 Å². The number of nitrogens with one attached hydrogen (secondary N) is 1. The lowest BCUT2D eigenvalue weighted by Crippen LogP contribution is -2.10. The first-order valence-electron chi connectivity index (χ1n) is 5.77. The van der Waals surface area contributed by atoms with E-state index in [1.807, 2.05) is 61.6 Å². The van der Waals surface area contributed by atoms with Crippen LogP contribution in [-0.2, 0) is 6.54 Å². The largest absolute Gasteiger partial charge is 0.380 e. The Hall–Kier alpha value is -1.74. The maximum atomic E-state index is 6.09. The van der Waals surface area contributed by atoms with E-state index in [1.54, 1.807) is 0 Å². The molecule has 0 amide bonds. The molecule has 0 saturated heterocycles. The Kier molecular flexibility index (Phi) is 4.05. The van der Waals surface area contributed by atoms with E-state index in [0.717, 1.165) is 22.1 Å². The molecule has 1 N–H and O–H groups in total. The monoisotopic (exact) mass is 261 g/mol. The van der Waals surface area contributed by atoms with Gasteiger partial charge in [0.05, 0.1) is 11.9 Å². The van der Waals surface area contributed by atoms with E-state index in [4.69, 9.17) is 11.6 Å². The van der Waals surface area contributed by atoms with Crippen molar-refractivity contribution >= 4 is 23.1 Å². The summed E-state index contributed by atoms with van der Waals surface area (Å²) in [5.41, 5.74) is 2.07. The van der Waals surface area contributed by atoms with Crippen molar-refractivity contribution in [3.8, 4) is 0 Å². The molecule has 0 bridgehead atoms. The predicted molar refractivity (Wildman–Crippen MR) is 77.3 cm³/mol. The Morgan fingerprint density at radius 2 is 1.94 bits per heavy atom. The molecule has 0 saturated carbocycles. The molecule has 3 nitrogen and oxygen atoms in total. The molecule has 4 heteroatoms. The van der Waals surface area contributed by atoms with Gasteiger partial charge < -0.3 is 10.2 Å². The van der Waals surface area contributed by atoms with E-state index < -0.39 is 0 Å². The second-order valence-corrected chi connectivity index (χ2v) is 4.65. The fraction of sp³-hybridized carbons (Fsp3) is 0.214. The molecule has 0 radical (unpaired) electrons. The van der Waals surface area contributed by atoms with E-state index in [1.165, 1.54) is 0 Å². The first-order valence-corrected chi connectivity index (χ1v) is 6.15. The lowest BCUT2D eigenvalue weighted by Gasteiger charge is -2.12. The van der Waals surface area contributed by atoms with Crippen molar-refractivity contribution in [2.75, 3.05) is 24.3 Å². The van der Waals surface area contributed by atoms with Crippen molar-refractivity contribution in [2.45, 2.75) is 6.54 Å². The molecular formula is C14H16ClN3. The van der Waals surface area contributed by atoms with Crippen LogP contribution in [0, 0.1) is 0 Å². The van der Waals surface area contributed by atoms with Gasteiger partial charge in [-0.25, -0.2) is 4.98 Å². The minimum absolute atomic E-state index is 0.697. The summed E-state index contributed by atoms with van der Waals surface area (Å²) in [6.45, 7) is 0.697. The smallest absolute Gasteiger partial charge is 0.128 e. The zero-order chi connectivity index (χ0) is 13.0. The van der Waals surface area contributed by atoms with Crippen molar-refractivity contribution in [2.24, 2.45) is 0 Å². The molecule has 0 atom stereocenters. The summed E-state index contributed by atoms with van der Waals surface area (Å²) in [5, 5.41) is 4.08. The van der Waals surface area contributed by atoms with Gasteiger partial charge >= 0.3 is 0 Å². The van der Waals surface area contributed by atoms with Crippen molar-refractivity contribution in [1.82, 2.24) is 4.98 Å². The topological polar surface area (TPSA) is 28.2 Å². The highest BCUT2D eigenvalue weighted by Crippen LogP contribution is 2.17. The summed E-state index contributed by atoms with van der Waals surface area (Å²) in [7, 11) is 3.94. The molecule has 0 aliphatic carbocycles. The molecule has 0 fully saturated rings. The Morgan fingerprint density at radius 3 is 2.56 bits per heavy atom. The van der Waals surface area contributed by atoms with Gasteiger partial charge in [-0.2, -0.15) is 0 Å². The molecular weight excluding hydrogens is 246 g/mol. The molecule has 1 aromatic heterocycles. The van der Waals surface area contributed by atoms with Crippen LogP contribution in [0.1, 0.15) is 5.56 Å². The highest BCUT2D eigenvalue weighted by molar-refractivity contribution is 6.31. The molecule has 1 heterocycles. The quantitative estimate of drug-likeness (QED) is 0.914. The second kappa shape index (κ2) is 5.74. The van der Waals surface area contributed by atoms with Gasteiger partial charge in [-0.05, 0) is 23.8 Å². The average molecular weight is 262 g/mol. The van der Waals surface area contributed by atoms with Crippen molar-refractivity contribution in [3.63, 3.8) is 0 Å². The number of hydrogen-bond acceptors (Lipinski definition) is 3. The van der Waals surface area contributed by atoms with Crippen LogP contribution in [-0.4, -0.2) is 19.1 Å². The van der Waals surface area contributed by atoms with Crippen molar-refractivity contribution in [3.05, 3.63) is 53.2 Å². The van der Waals surface area contributed by atoms with E-state index in [9.17, 15) is 0 Å². The van der Waals surface area contributed by atoms with Crippen LogP contribution in [0.3, 0.4) is 0 Å². The zero-order valence-electron chi connectivity index (χ0n) is 10.5. The Labute approximate surface area is 112 Å². The molecule has 0 aliphatic rings. The lowest BCUT2D eigenvalue weighted by molar-refractivity contribution is 1.06.